The van der Waals surface area contributed by atoms with Crippen molar-refractivity contribution in [1.29, 1.82) is 0 Å². The lowest BCUT2D eigenvalue weighted by Gasteiger charge is -2.39. The molecular formula is C33H42FN5O4S. The lowest BCUT2D eigenvalue weighted by molar-refractivity contribution is 0.0606. The quantitative estimate of drug-likeness (QED) is 0.217. The predicted molar refractivity (Wildman–Crippen MR) is 173 cm³/mol. The first-order valence-electron chi connectivity index (χ1n) is 15.8. The maximum Gasteiger partial charge on any atom is 0.254 e. The molecular weight excluding hydrogens is 581 g/mol. The zero-order chi connectivity index (χ0) is 30.6. The fraction of sp³-hybridized carbons (Fsp3) is 0.515. The second kappa shape index (κ2) is 11.7. The molecule has 0 unspecified atom stereocenters. The van der Waals surface area contributed by atoms with E-state index >= 15 is 0 Å². The van der Waals surface area contributed by atoms with Crippen LogP contribution in [0.4, 0.5) is 4.39 Å². The van der Waals surface area contributed by atoms with E-state index in [1.165, 1.54) is 23.3 Å². The fourth-order valence-electron chi connectivity index (χ4n) is 7.05. The minimum atomic E-state index is -2.45. The average Bonchev–Trinajstić information content (AvgIpc) is 3.65. The summed E-state index contributed by atoms with van der Waals surface area (Å²) in [5.74, 6) is 3.04. The van der Waals surface area contributed by atoms with Crippen LogP contribution in [0.25, 0.3) is 33.5 Å². The minimum Gasteiger partial charge on any atom is -0.494 e. The first kappa shape index (κ1) is 29.6. The van der Waals surface area contributed by atoms with E-state index in [4.69, 9.17) is 15.5 Å². The number of para-hydroxylation sites is 1. The van der Waals surface area contributed by atoms with Crippen molar-refractivity contribution in [3.8, 4) is 17.3 Å². The molecule has 236 valence electrons. The SMILES string of the molecule is COc1cc(C(=O)N2C[C@H](N)C[C@@H](F)C2)cc2nc(-c3cc4ccccc4n3CC3CC3)n(CCC3CCS(O)(O)CC3)c12. The molecule has 2 aromatic heterocycles. The van der Waals surface area contributed by atoms with Crippen molar-refractivity contribution in [3.05, 3.63) is 48.0 Å². The number of piperidine rings is 1. The Labute approximate surface area is 258 Å². The Morgan fingerprint density at radius 1 is 1.07 bits per heavy atom. The molecule has 4 heterocycles. The third-order valence-corrected chi connectivity index (χ3v) is 11.4. The number of methoxy groups -OCH3 is 1. The van der Waals surface area contributed by atoms with E-state index in [9.17, 15) is 18.3 Å². The van der Waals surface area contributed by atoms with Gasteiger partial charge in [0.2, 0.25) is 0 Å². The Kier molecular flexibility index (Phi) is 7.84. The summed E-state index contributed by atoms with van der Waals surface area (Å²) < 4.78 is 45.2. The molecule has 3 aliphatic rings. The van der Waals surface area contributed by atoms with Crippen molar-refractivity contribution in [2.45, 2.75) is 63.8 Å². The lowest BCUT2D eigenvalue weighted by atomic mass is 9.99. The molecule has 3 fully saturated rings. The number of carbonyl (C=O) groups excluding carboxylic acids is 1. The number of aromatic nitrogens is 3. The molecule has 0 spiro atoms. The molecule has 1 saturated carbocycles. The van der Waals surface area contributed by atoms with Crippen LogP contribution in [-0.4, -0.2) is 77.9 Å². The minimum absolute atomic E-state index is 0.0277. The third-order valence-electron chi connectivity index (χ3n) is 9.64. The number of nitrogens with zero attached hydrogens (tertiary/aromatic N) is 4. The molecule has 2 saturated heterocycles. The fourth-order valence-corrected chi connectivity index (χ4v) is 8.68. The number of benzene rings is 2. The van der Waals surface area contributed by atoms with Crippen molar-refractivity contribution < 1.29 is 23.0 Å². The number of fused-ring (bicyclic) bond motifs is 2. The van der Waals surface area contributed by atoms with Gasteiger partial charge >= 0.3 is 0 Å². The second-order valence-corrected chi connectivity index (χ2v) is 15.4. The van der Waals surface area contributed by atoms with Crippen LogP contribution in [0.1, 0.15) is 48.9 Å². The van der Waals surface area contributed by atoms with Gasteiger partial charge in [-0.15, -0.1) is 0 Å². The summed E-state index contributed by atoms with van der Waals surface area (Å²) in [5, 5.41) is 1.16. The van der Waals surface area contributed by atoms with Crippen molar-refractivity contribution >= 4 is 38.4 Å². The molecule has 2 atom stereocenters. The van der Waals surface area contributed by atoms with Gasteiger partial charge in [0.25, 0.3) is 5.91 Å². The zero-order valence-electron chi connectivity index (χ0n) is 25.2. The van der Waals surface area contributed by atoms with E-state index in [1.54, 1.807) is 19.2 Å². The van der Waals surface area contributed by atoms with Crippen LogP contribution in [-0.2, 0) is 13.1 Å². The van der Waals surface area contributed by atoms with Gasteiger partial charge in [0.1, 0.15) is 17.4 Å². The maximum absolute atomic E-state index is 14.4. The lowest BCUT2D eigenvalue weighted by Crippen LogP contribution is -2.50. The number of imidazole rings is 1. The number of amides is 1. The number of hydrogen-bond acceptors (Lipinski definition) is 6. The van der Waals surface area contributed by atoms with Crippen LogP contribution in [0.5, 0.6) is 5.75 Å². The molecule has 2 aromatic carbocycles. The third kappa shape index (κ3) is 5.82. The number of alkyl halides is 1. The number of hydrogen-bond donors (Lipinski definition) is 3. The van der Waals surface area contributed by atoms with Gasteiger partial charge in [-0.1, -0.05) is 18.2 Å². The molecule has 7 rings (SSSR count). The molecule has 4 aromatic rings. The Morgan fingerprint density at radius 2 is 1.84 bits per heavy atom. The normalized spacial score (nSPS) is 23.3. The Bertz CT molecular complexity index is 1680. The van der Waals surface area contributed by atoms with Crippen molar-refractivity contribution in [2.75, 3.05) is 31.7 Å². The van der Waals surface area contributed by atoms with E-state index in [2.05, 4.69) is 39.5 Å². The molecule has 1 aliphatic carbocycles. The molecule has 4 N–H and O–H groups in total. The van der Waals surface area contributed by atoms with Crippen molar-refractivity contribution in [3.63, 3.8) is 0 Å². The highest BCUT2D eigenvalue weighted by Crippen LogP contribution is 2.47. The van der Waals surface area contributed by atoms with E-state index in [1.807, 2.05) is 0 Å². The van der Waals surface area contributed by atoms with Crippen LogP contribution >= 0.6 is 10.6 Å². The van der Waals surface area contributed by atoms with Gasteiger partial charge in [0, 0.05) is 53.6 Å². The highest BCUT2D eigenvalue weighted by molar-refractivity contribution is 8.24. The van der Waals surface area contributed by atoms with Gasteiger partial charge in [-0.05, 0) is 74.6 Å². The van der Waals surface area contributed by atoms with Gasteiger partial charge in [-0.2, -0.15) is 10.6 Å². The summed E-state index contributed by atoms with van der Waals surface area (Å²) in [7, 11) is -0.848. The Hall–Kier alpha value is -3.12. The van der Waals surface area contributed by atoms with Crippen LogP contribution < -0.4 is 10.5 Å². The van der Waals surface area contributed by atoms with E-state index in [-0.39, 0.29) is 18.9 Å². The van der Waals surface area contributed by atoms with Crippen molar-refractivity contribution in [2.24, 2.45) is 17.6 Å². The standard InChI is InChI=1S/C33H42FN5O4S/c1-43-30-16-24(33(40)37-19-25(34)17-26(35)20-37)14-27-31(30)38(11-8-21-9-12-44(41,42)13-10-21)32(36-27)29-15-23-4-2-3-5-28(23)39(29)18-22-6-7-22/h2-5,14-16,21-22,25-26,41-42H,6-13,17-20,35H2,1H3/t25-,26-/m1/s1. The number of likely N-dealkylation sites (tertiary alicyclic amines) is 1. The number of nitrogens with two attached hydrogens (primary N) is 1. The van der Waals surface area contributed by atoms with Crippen LogP contribution in [0.2, 0.25) is 0 Å². The summed E-state index contributed by atoms with van der Waals surface area (Å²) in [5.41, 5.74) is 10.1. The van der Waals surface area contributed by atoms with E-state index in [0.29, 0.717) is 53.3 Å². The smallest absolute Gasteiger partial charge is 0.254 e. The van der Waals surface area contributed by atoms with Gasteiger partial charge < -0.3 is 24.5 Å². The molecule has 9 nitrogen and oxygen atoms in total. The molecule has 44 heavy (non-hydrogen) atoms. The molecule has 1 amide bonds. The summed E-state index contributed by atoms with van der Waals surface area (Å²) in [6.45, 7) is 1.94. The molecule has 0 radical (unpaired) electrons. The highest BCUT2D eigenvalue weighted by Gasteiger charge is 2.31. The molecule has 11 heteroatoms. The van der Waals surface area contributed by atoms with Crippen LogP contribution in [0, 0.1) is 11.8 Å². The Morgan fingerprint density at radius 3 is 2.57 bits per heavy atom. The summed E-state index contributed by atoms with van der Waals surface area (Å²) in [4.78, 5) is 20.3. The van der Waals surface area contributed by atoms with Gasteiger partial charge in [0.05, 0.1) is 24.9 Å². The van der Waals surface area contributed by atoms with Gasteiger partial charge in [-0.3, -0.25) is 13.9 Å². The largest absolute Gasteiger partial charge is 0.494 e. The Balaban J connectivity index is 1.33. The number of aryl methyl sites for hydroxylation is 1. The number of ether oxygens (including phenoxy) is 1. The topological polar surface area (TPSA) is 119 Å². The highest BCUT2D eigenvalue weighted by atomic mass is 32.3. The van der Waals surface area contributed by atoms with Gasteiger partial charge in [-0.25, -0.2) is 9.37 Å². The summed E-state index contributed by atoms with van der Waals surface area (Å²) >= 11 is 0. The monoisotopic (exact) mass is 623 g/mol. The molecule has 0 bridgehead atoms. The van der Waals surface area contributed by atoms with E-state index < -0.39 is 22.8 Å². The maximum atomic E-state index is 14.4. The number of halogens is 1. The predicted octanol–water partition coefficient (Wildman–Crippen LogP) is 6.14. The summed E-state index contributed by atoms with van der Waals surface area (Å²) in [6, 6.07) is 13.8. The number of carbonyl (C=O) groups is 1. The first-order valence-corrected chi connectivity index (χ1v) is 17.7. The number of rotatable bonds is 8. The van der Waals surface area contributed by atoms with Crippen LogP contribution in [0.15, 0.2) is 42.5 Å². The van der Waals surface area contributed by atoms with E-state index in [0.717, 1.165) is 48.2 Å². The van der Waals surface area contributed by atoms with Crippen molar-refractivity contribution in [1.82, 2.24) is 19.0 Å². The molecule has 2 aliphatic heterocycles. The zero-order valence-corrected chi connectivity index (χ0v) is 26.0. The summed E-state index contributed by atoms with van der Waals surface area (Å²) in [6.07, 6.45) is 4.00. The van der Waals surface area contributed by atoms with Gasteiger partial charge in [0.15, 0.2) is 5.82 Å². The van der Waals surface area contributed by atoms with Crippen LogP contribution in [0.3, 0.4) is 0 Å². The second-order valence-electron chi connectivity index (χ2n) is 13.0. The first-order chi connectivity index (χ1) is 21.2. The average molecular weight is 624 g/mol.